The van der Waals surface area contributed by atoms with Crippen molar-refractivity contribution in [3.05, 3.63) is 36.0 Å². The van der Waals surface area contributed by atoms with Crippen LogP contribution >= 0.6 is 0 Å². The van der Waals surface area contributed by atoms with Gasteiger partial charge in [0.25, 0.3) is 0 Å². The quantitative estimate of drug-likeness (QED) is 0.636. The Morgan fingerprint density at radius 2 is 2.14 bits per heavy atom. The van der Waals surface area contributed by atoms with Crippen LogP contribution in [0.5, 0.6) is 0 Å². The molecule has 0 saturated carbocycles. The van der Waals surface area contributed by atoms with Crippen LogP contribution in [0.3, 0.4) is 0 Å². The molecule has 0 saturated heterocycles. The van der Waals surface area contributed by atoms with Crippen molar-refractivity contribution < 1.29 is 9.90 Å². The number of carboxylic acids is 1. The highest BCUT2D eigenvalue weighted by molar-refractivity contribution is 5.72. The predicted molar refractivity (Wildman–Crippen MR) is 58.0 cm³/mol. The number of hydrogen-bond donors (Lipinski definition) is 2. The fourth-order valence-electron chi connectivity index (χ4n) is 1.18. The summed E-state index contributed by atoms with van der Waals surface area (Å²) in [6.45, 7) is 5.90. The zero-order valence-electron chi connectivity index (χ0n) is 8.49. The molecule has 0 aromatic carbocycles. The molecular formula is C11H17NO2. The van der Waals surface area contributed by atoms with Crippen LogP contribution in [0.2, 0.25) is 0 Å². The molecule has 0 rings (SSSR count). The van der Waals surface area contributed by atoms with Crippen molar-refractivity contribution in [2.45, 2.75) is 19.8 Å². The predicted octanol–water partition coefficient (Wildman–Crippen LogP) is 1.87. The van der Waals surface area contributed by atoms with Crippen LogP contribution in [0.1, 0.15) is 19.8 Å². The number of carboxylic acid groups (broad SMARTS) is 1. The maximum absolute atomic E-state index is 10.6. The van der Waals surface area contributed by atoms with E-state index in [0.29, 0.717) is 6.54 Å². The van der Waals surface area contributed by atoms with Gasteiger partial charge in [0.15, 0.2) is 0 Å². The molecule has 0 aliphatic carbocycles. The third-order valence-electron chi connectivity index (χ3n) is 1.74. The van der Waals surface area contributed by atoms with Crippen molar-refractivity contribution in [1.82, 2.24) is 0 Å². The van der Waals surface area contributed by atoms with Gasteiger partial charge in [0, 0.05) is 6.54 Å². The summed E-state index contributed by atoms with van der Waals surface area (Å²) in [6, 6.07) is 0. The van der Waals surface area contributed by atoms with Gasteiger partial charge in [-0.05, 0) is 17.6 Å². The second kappa shape index (κ2) is 7.09. The Hall–Kier alpha value is -1.35. The van der Waals surface area contributed by atoms with E-state index in [2.05, 4.69) is 6.58 Å². The molecule has 14 heavy (non-hydrogen) atoms. The molecule has 3 nitrogen and oxygen atoms in total. The molecule has 0 amide bonds. The second-order valence-corrected chi connectivity index (χ2v) is 2.84. The number of carbonyl (C=O) groups is 1. The van der Waals surface area contributed by atoms with E-state index in [4.69, 9.17) is 10.8 Å². The minimum absolute atomic E-state index is 0.00491. The minimum Gasteiger partial charge on any atom is -0.481 e. The molecule has 0 heterocycles. The van der Waals surface area contributed by atoms with Crippen LogP contribution in [0, 0.1) is 0 Å². The smallest absolute Gasteiger partial charge is 0.307 e. The van der Waals surface area contributed by atoms with Crippen molar-refractivity contribution in [3.8, 4) is 0 Å². The van der Waals surface area contributed by atoms with Gasteiger partial charge in [0.05, 0.1) is 6.42 Å². The minimum atomic E-state index is -0.853. The molecule has 0 atom stereocenters. The highest BCUT2D eigenvalue weighted by Gasteiger charge is 2.06. The zero-order chi connectivity index (χ0) is 11.0. The van der Waals surface area contributed by atoms with Gasteiger partial charge in [-0.25, -0.2) is 0 Å². The fraction of sp³-hybridized carbons (Fsp3) is 0.364. The molecule has 0 aliphatic heterocycles. The van der Waals surface area contributed by atoms with Crippen molar-refractivity contribution in [2.75, 3.05) is 6.54 Å². The lowest BCUT2D eigenvalue weighted by atomic mass is 10.0. The topological polar surface area (TPSA) is 63.3 Å². The monoisotopic (exact) mass is 195 g/mol. The zero-order valence-corrected chi connectivity index (χ0v) is 8.49. The van der Waals surface area contributed by atoms with E-state index in [1.807, 2.05) is 13.0 Å². The van der Waals surface area contributed by atoms with Gasteiger partial charge >= 0.3 is 5.97 Å². The van der Waals surface area contributed by atoms with Crippen molar-refractivity contribution in [2.24, 2.45) is 5.73 Å². The second-order valence-electron chi connectivity index (χ2n) is 2.84. The van der Waals surface area contributed by atoms with Gasteiger partial charge in [-0.3, -0.25) is 4.79 Å². The molecule has 0 aromatic heterocycles. The summed E-state index contributed by atoms with van der Waals surface area (Å²) in [6.07, 6.45) is 6.06. The summed E-state index contributed by atoms with van der Waals surface area (Å²) >= 11 is 0. The van der Waals surface area contributed by atoms with E-state index in [1.54, 1.807) is 12.2 Å². The average molecular weight is 195 g/mol. The Balaban J connectivity index is 4.79. The lowest BCUT2D eigenvalue weighted by molar-refractivity contribution is -0.136. The van der Waals surface area contributed by atoms with Gasteiger partial charge in [-0.15, -0.1) is 0 Å². The van der Waals surface area contributed by atoms with Gasteiger partial charge in [0.1, 0.15) is 0 Å². The van der Waals surface area contributed by atoms with Gasteiger partial charge in [-0.1, -0.05) is 31.7 Å². The number of allylic oxidation sites excluding steroid dienone is 3. The molecule has 0 spiro atoms. The van der Waals surface area contributed by atoms with Crippen LogP contribution in [0.4, 0.5) is 0 Å². The van der Waals surface area contributed by atoms with Crippen molar-refractivity contribution in [1.29, 1.82) is 0 Å². The fourth-order valence-corrected chi connectivity index (χ4v) is 1.18. The molecule has 0 unspecified atom stereocenters. The average Bonchev–Trinajstić information content (AvgIpc) is 2.13. The standard InChI is InChI=1S/C11H17NO2/c1-3-5-9(7-11(13)14)10(8-12)6-4-2/h3,5-6H,1,4,7-8,12H2,2H3,(H,13,14)/b9-5-,10-6-. The molecule has 3 N–H and O–H groups in total. The molecule has 0 radical (unpaired) electrons. The van der Waals surface area contributed by atoms with Crippen LogP contribution in [-0.2, 0) is 4.79 Å². The molecule has 0 aliphatic rings. The summed E-state index contributed by atoms with van der Waals surface area (Å²) in [5.74, 6) is -0.853. The number of hydrogen-bond acceptors (Lipinski definition) is 2. The largest absolute Gasteiger partial charge is 0.481 e. The van der Waals surface area contributed by atoms with Gasteiger partial charge < -0.3 is 10.8 Å². The molecular weight excluding hydrogens is 178 g/mol. The van der Waals surface area contributed by atoms with E-state index in [1.165, 1.54) is 0 Å². The van der Waals surface area contributed by atoms with Crippen LogP contribution < -0.4 is 5.73 Å². The van der Waals surface area contributed by atoms with Crippen LogP contribution in [-0.4, -0.2) is 17.6 Å². The Morgan fingerprint density at radius 1 is 1.50 bits per heavy atom. The number of aliphatic carboxylic acids is 1. The first kappa shape index (κ1) is 12.7. The first-order chi connectivity index (χ1) is 6.65. The lowest BCUT2D eigenvalue weighted by Gasteiger charge is -2.07. The Bertz CT molecular complexity index is 264. The summed E-state index contributed by atoms with van der Waals surface area (Å²) in [4.78, 5) is 10.6. The van der Waals surface area contributed by atoms with Crippen LogP contribution in [0.15, 0.2) is 36.0 Å². The molecule has 0 aromatic rings. The third-order valence-corrected chi connectivity index (χ3v) is 1.74. The third kappa shape index (κ3) is 4.62. The first-order valence-electron chi connectivity index (χ1n) is 4.58. The SMILES string of the molecule is C=C/C=C(CC(=O)O)\C(=C/CC)CN. The Kier molecular flexibility index (Phi) is 6.41. The van der Waals surface area contributed by atoms with E-state index >= 15 is 0 Å². The maximum atomic E-state index is 10.6. The number of nitrogens with two attached hydrogens (primary N) is 1. The molecule has 0 bridgehead atoms. The summed E-state index contributed by atoms with van der Waals surface area (Å²) in [5, 5.41) is 8.68. The first-order valence-corrected chi connectivity index (χ1v) is 4.58. The van der Waals surface area contributed by atoms with E-state index in [0.717, 1.165) is 17.6 Å². The number of rotatable bonds is 6. The molecule has 3 heteroatoms. The highest BCUT2D eigenvalue weighted by atomic mass is 16.4. The van der Waals surface area contributed by atoms with Gasteiger partial charge in [0.2, 0.25) is 0 Å². The Morgan fingerprint density at radius 3 is 2.50 bits per heavy atom. The van der Waals surface area contributed by atoms with E-state index in [9.17, 15) is 4.79 Å². The Labute approximate surface area is 84.6 Å². The summed E-state index contributed by atoms with van der Waals surface area (Å²) in [7, 11) is 0. The van der Waals surface area contributed by atoms with Crippen molar-refractivity contribution >= 4 is 5.97 Å². The molecule has 0 fully saturated rings. The highest BCUT2D eigenvalue weighted by Crippen LogP contribution is 2.14. The van der Waals surface area contributed by atoms with E-state index < -0.39 is 5.97 Å². The van der Waals surface area contributed by atoms with E-state index in [-0.39, 0.29) is 6.42 Å². The van der Waals surface area contributed by atoms with Gasteiger partial charge in [-0.2, -0.15) is 0 Å². The van der Waals surface area contributed by atoms with Crippen molar-refractivity contribution in [3.63, 3.8) is 0 Å². The lowest BCUT2D eigenvalue weighted by Crippen LogP contribution is -2.08. The van der Waals surface area contributed by atoms with Crippen LogP contribution in [0.25, 0.3) is 0 Å². The summed E-state index contributed by atoms with van der Waals surface area (Å²) < 4.78 is 0. The normalized spacial score (nSPS) is 12.7. The summed E-state index contributed by atoms with van der Waals surface area (Å²) in [5.41, 5.74) is 7.15. The maximum Gasteiger partial charge on any atom is 0.307 e. The molecule has 78 valence electrons.